The zero-order valence-corrected chi connectivity index (χ0v) is 14.9. The Bertz CT molecular complexity index is 813. The van der Waals surface area contributed by atoms with Crippen LogP contribution in [0.5, 0.6) is 5.75 Å². The maximum Gasteiger partial charge on any atom is 0.258 e. The van der Waals surface area contributed by atoms with Crippen LogP contribution in [0.15, 0.2) is 36.4 Å². The van der Waals surface area contributed by atoms with Gasteiger partial charge in [0.1, 0.15) is 11.8 Å². The van der Waals surface area contributed by atoms with E-state index in [2.05, 4.69) is 10.2 Å². The van der Waals surface area contributed by atoms with Crippen molar-refractivity contribution in [2.75, 3.05) is 32.1 Å². The molecule has 2 heterocycles. The Morgan fingerprint density at radius 2 is 2.12 bits per heavy atom. The van der Waals surface area contributed by atoms with Crippen molar-refractivity contribution in [2.45, 2.75) is 18.9 Å². The molecule has 0 bridgehead atoms. The highest BCUT2D eigenvalue weighted by atomic mass is 16.5. The van der Waals surface area contributed by atoms with Gasteiger partial charge in [-0.25, -0.2) is 0 Å². The van der Waals surface area contributed by atoms with Gasteiger partial charge in [-0.2, -0.15) is 10.4 Å². The minimum atomic E-state index is -0.112. The van der Waals surface area contributed by atoms with E-state index in [1.807, 2.05) is 42.1 Å². The summed E-state index contributed by atoms with van der Waals surface area (Å²) in [5.41, 5.74) is 1.25. The highest BCUT2D eigenvalue weighted by Crippen LogP contribution is 2.33. The minimum Gasteiger partial charge on any atom is -0.478 e. The predicted octanol–water partition coefficient (Wildman–Crippen LogP) is 2.42. The number of ether oxygens (including phenoxy) is 1. The number of para-hydroxylation sites is 1. The van der Waals surface area contributed by atoms with E-state index in [0.717, 1.165) is 24.4 Å². The summed E-state index contributed by atoms with van der Waals surface area (Å²) in [5, 5.41) is 17.3. The Labute approximate surface area is 152 Å². The van der Waals surface area contributed by atoms with Gasteiger partial charge in [0.05, 0.1) is 17.3 Å². The second kappa shape index (κ2) is 7.83. The molecule has 1 saturated heterocycles. The maximum atomic E-state index is 13.1. The third kappa shape index (κ3) is 3.59. The van der Waals surface area contributed by atoms with Gasteiger partial charge in [-0.05, 0) is 37.1 Å². The highest BCUT2D eigenvalue weighted by Gasteiger charge is 2.33. The minimum absolute atomic E-state index is 0.0921. The predicted molar refractivity (Wildman–Crippen MR) is 96.9 cm³/mol. The van der Waals surface area contributed by atoms with E-state index in [0.29, 0.717) is 17.9 Å². The van der Waals surface area contributed by atoms with Gasteiger partial charge in [-0.15, -0.1) is 5.10 Å². The summed E-state index contributed by atoms with van der Waals surface area (Å²) in [6, 6.07) is 12.7. The number of amides is 1. The zero-order valence-electron chi connectivity index (χ0n) is 14.9. The van der Waals surface area contributed by atoms with E-state index in [-0.39, 0.29) is 18.6 Å². The van der Waals surface area contributed by atoms with Gasteiger partial charge in [-0.1, -0.05) is 12.1 Å². The lowest BCUT2D eigenvalue weighted by Crippen LogP contribution is -2.31. The fourth-order valence-electron chi connectivity index (χ4n) is 3.10. The molecule has 2 aromatic rings. The van der Waals surface area contributed by atoms with Crippen LogP contribution in [0.25, 0.3) is 0 Å². The number of nitriles is 1. The lowest BCUT2D eigenvalue weighted by Gasteiger charge is -2.25. The Balaban J connectivity index is 1.84. The van der Waals surface area contributed by atoms with E-state index in [1.165, 1.54) is 0 Å². The number of carbonyl (C=O) groups is 1. The maximum absolute atomic E-state index is 13.1. The Kier molecular flexibility index (Phi) is 5.32. The Hall–Kier alpha value is -3.14. The van der Waals surface area contributed by atoms with Crippen LogP contribution < -0.4 is 9.64 Å². The molecule has 0 radical (unpaired) electrons. The normalized spacial score (nSPS) is 16.2. The van der Waals surface area contributed by atoms with Crippen molar-refractivity contribution in [3.63, 3.8) is 0 Å². The molecular formula is C19H21N5O2. The quantitative estimate of drug-likeness (QED) is 0.823. The standard InChI is InChI=1S/C19H21N5O2/c1-23(2)18-10-9-15(21-22-18)16-7-5-12-24(16)19(25)14-6-3-4-8-17(14)26-13-11-20/h3-4,6,8-10,16H,5,7,12-13H2,1-2H3. The van der Waals surface area contributed by atoms with E-state index < -0.39 is 0 Å². The fraction of sp³-hybridized carbons (Fsp3) is 0.368. The van der Waals surface area contributed by atoms with Crippen LogP contribution in [0, 0.1) is 11.3 Å². The largest absolute Gasteiger partial charge is 0.478 e. The van der Waals surface area contributed by atoms with Crippen molar-refractivity contribution in [3.8, 4) is 11.8 Å². The number of hydrogen-bond donors (Lipinski definition) is 0. The van der Waals surface area contributed by atoms with E-state index in [1.54, 1.807) is 24.3 Å². The number of rotatable bonds is 5. The number of aromatic nitrogens is 2. The summed E-state index contributed by atoms with van der Waals surface area (Å²) in [6.45, 7) is 0.568. The van der Waals surface area contributed by atoms with Gasteiger partial charge in [0.25, 0.3) is 5.91 Å². The van der Waals surface area contributed by atoms with E-state index in [9.17, 15) is 4.79 Å². The molecule has 7 heteroatoms. The van der Waals surface area contributed by atoms with Crippen molar-refractivity contribution < 1.29 is 9.53 Å². The van der Waals surface area contributed by atoms with Crippen molar-refractivity contribution in [1.29, 1.82) is 5.26 Å². The van der Waals surface area contributed by atoms with Crippen LogP contribution in [0.1, 0.15) is 34.9 Å². The van der Waals surface area contributed by atoms with Crippen LogP contribution in [-0.4, -0.2) is 48.3 Å². The van der Waals surface area contributed by atoms with Crippen LogP contribution in [-0.2, 0) is 0 Å². The first kappa shape index (κ1) is 17.7. The second-order valence-electron chi connectivity index (χ2n) is 6.31. The number of carbonyl (C=O) groups excluding carboxylic acids is 1. The van der Waals surface area contributed by atoms with Crippen LogP contribution >= 0.6 is 0 Å². The number of benzene rings is 1. The SMILES string of the molecule is CN(C)c1ccc(C2CCCN2C(=O)c2ccccc2OCC#N)nn1. The van der Waals surface area contributed by atoms with Crippen molar-refractivity contribution in [2.24, 2.45) is 0 Å². The topological polar surface area (TPSA) is 82.4 Å². The van der Waals surface area contributed by atoms with Gasteiger partial charge in [0.2, 0.25) is 0 Å². The van der Waals surface area contributed by atoms with E-state index >= 15 is 0 Å². The molecular weight excluding hydrogens is 330 g/mol. The summed E-state index contributed by atoms with van der Waals surface area (Å²) in [6.07, 6.45) is 1.76. The molecule has 1 aromatic carbocycles. The summed E-state index contributed by atoms with van der Waals surface area (Å²) in [7, 11) is 3.82. The van der Waals surface area contributed by atoms with Crippen molar-refractivity contribution in [1.82, 2.24) is 15.1 Å². The smallest absolute Gasteiger partial charge is 0.258 e. The molecule has 0 spiro atoms. The van der Waals surface area contributed by atoms with Crippen molar-refractivity contribution in [3.05, 3.63) is 47.7 Å². The molecule has 1 unspecified atom stereocenters. The molecule has 1 aromatic heterocycles. The summed E-state index contributed by atoms with van der Waals surface area (Å²) in [5.74, 6) is 1.10. The van der Waals surface area contributed by atoms with Gasteiger partial charge >= 0.3 is 0 Å². The second-order valence-corrected chi connectivity index (χ2v) is 6.31. The molecule has 1 aliphatic heterocycles. The molecule has 26 heavy (non-hydrogen) atoms. The van der Waals surface area contributed by atoms with Crippen LogP contribution in [0.4, 0.5) is 5.82 Å². The first-order valence-corrected chi connectivity index (χ1v) is 8.52. The van der Waals surface area contributed by atoms with Crippen molar-refractivity contribution >= 4 is 11.7 Å². The first-order valence-electron chi connectivity index (χ1n) is 8.52. The molecule has 7 nitrogen and oxygen atoms in total. The van der Waals surface area contributed by atoms with Gasteiger partial charge in [0.15, 0.2) is 12.4 Å². The molecule has 134 valence electrons. The number of anilines is 1. The highest BCUT2D eigenvalue weighted by molar-refractivity contribution is 5.97. The molecule has 0 saturated carbocycles. The molecule has 3 rings (SSSR count). The third-order valence-electron chi connectivity index (χ3n) is 4.39. The zero-order chi connectivity index (χ0) is 18.5. The summed E-state index contributed by atoms with van der Waals surface area (Å²) >= 11 is 0. The Morgan fingerprint density at radius 1 is 1.31 bits per heavy atom. The van der Waals surface area contributed by atoms with Gasteiger partial charge in [0, 0.05) is 20.6 Å². The average molecular weight is 351 g/mol. The molecule has 0 N–H and O–H groups in total. The monoisotopic (exact) mass is 351 g/mol. The number of likely N-dealkylation sites (tertiary alicyclic amines) is 1. The van der Waals surface area contributed by atoms with Crippen LogP contribution in [0.3, 0.4) is 0 Å². The average Bonchev–Trinajstić information content (AvgIpc) is 3.16. The molecule has 1 atom stereocenters. The van der Waals surface area contributed by atoms with Crippen LogP contribution in [0.2, 0.25) is 0 Å². The number of nitrogens with zero attached hydrogens (tertiary/aromatic N) is 5. The summed E-state index contributed by atoms with van der Waals surface area (Å²) < 4.78 is 5.41. The molecule has 1 aliphatic rings. The third-order valence-corrected chi connectivity index (χ3v) is 4.39. The fourth-order valence-corrected chi connectivity index (χ4v) is 3.10. The lowest BCUT2D eigenvalue weighted by molar-refractivity contribution is 0.0728. The summed E-state index contributed by atoms with van der Waals surface area (Å²) in [4.78, 5) is 16.8. The first-order chi connectivity index (χ1) is 12.6. The Morgan fingerprint density at radius 3 is 2.81 bits per heavy atom. The lowest BCUT2D eigenvalue weighted by atomic mass is 10.1. The van der Waals surface area contributed by atoms with E-state index in [4.69, 9.17) is 10.00 Å². The van der Waals surface area contributed by atoms with Gasteiger partial charge < -0.3 is 14.5 Å². The molecule has 1 fully saturated rings. The van der Waals surface area contributed by atoms with Gasteiger partial charge in [-0.3, -0.25) is 4.79 Å². The molecule has 0 aliphatic carbocycles. The number of hydrogen-bond acceptors (Lipinski definition) is 6. The molecule has 1 amide bonds.